The summed E-state index contributed by atoms with van der Waals surface area (Å²) in [6.45, 7) is 8.61. The number of benzene rings is 3. The molecule has 9 nitrogen and oxygen atoms in total. The van der Waals surface area contributed by atoms with Gasteiger partial charge in [0.15, 0.2) is 0 Å². The molecule has 0 saturated carbocycles. The summed E-state index contributed by atoms with van der Waals surface area (Å²) in [5.74, 6) is -0.522. The Balaban J connectivity index is 1.81. The Morgan fingerprint density at radius 3 is 2.43 bits per heavy atom. The van der Waals surface area contributed by atoms with Gasteiger partial charge in [0, 0.05) is 11.4 Å². The number of anilines is 3. The van der Waals surface area contributed by atoms with Gasteiger partial charge in [0.05, 0.1) is 18.0 Å². The Morgan fingerprint density at radius 2 is 1.76 bits per heavy atom. The number of fused-ring (bicyclic) bond motifs is 2. The number of methoxy groups -OCH3 is 1. The number of carbonyl (C=O) groups excluding carboxylic acids is 2. The Morgan fingerprint density at radius 1 is 1.05 bits per heavy atom. The van der Waals surface area contributed by atoms with Crippen molar-refractivity contribution >= 4 is 51.1 Å². The molecule has 4 aromatic rings. The van der Waals surface area contributed by atoms with Gasteiger partial charge in [-0.3, -0.25) is 10.2 Å². The van der Waals surface area contributed by atoms with Crippen LogP contribution < -0.4 is 15.8 Å². The number of aryl methyl sites for hydroxylation is 1. The summed E-state index contributed by atoms with van der Waals surface area (Å²) in [7, 11) is 1.30. The number of amides is 1. The van der Waals surface area contributed by atoms with E-state index in [4.69, 9.17) is 13.9 Å². The lowest BCUT2D eigenvalue weighted by Gasteiger charge is -2.27. The van der Waals surface area contributed by atoms with Crippen molar-refractivity contribution in [3.8, 4) is 0 Å². The van der Waals surface area contributed by atoms with Crippen molar-refractivity contribution in [2.75, 3.05) is 17.3 Å². The van der Waals surface area contributed by atoms with E-state index in [2.05, 4.69) is 10.3 Å². The van der Waals surface area contributed by atoms with E-state index in [1.165, 1.54) is 12.0 Å². The number of hydrogen-bond acceptors (Lipinski definition) is 8. The third-order valence-electron chi connectivity index (χ3n) is 5.83. The molecule has 0 saturated heterocycles. The highest BCUT2D eigenvalue weighted by Crippen LogP contribution is 2.31. The lowest BCUT2D eigenvalue weighted by atomic mass is 10.1. The van der Waals surface area contributed by atoms with Gasteiger partial charge in [-0.1, -0.05) is 30.3 Å². The topological polar surface area (TPSA) is 111 Å². The fourth-order valence-corrected chi connectivity index (χ4v) is 4.06. The SMILES string of the molecule is COC(=O)[C@H](C)N(c1ccc2ccccc2c1)c1nc2ccc(NC(=O)OC(C)(C)C)c(C)c2c(=O)o1. The van der Waals surface area contributed by atoms with Crippen molar-refractivity contribution in [1.29, 1.82) is 0 Å². The average molecular weight is 504 g/mol. The largest absolute Gasteiger partial charge is 0.467 e. The molecule has 0 aliphatic heterocycles. The molecule has 0 aliphatic rings. The van der Waals surface area contributed by atoms with E-state index < -0.39 is 29.3 Å². The molecular weight excluding hydrogens is 474 g/mol. The van der Waals surface area contributed by atoms with Crippen LogP contribution in [0.5, 0.6) is 0 Å². The summed E-state index contributed by atoms with van der Waals surface area (Å²) in [5, 5.41) is 4.84. The maximum atomic E-state index is 13.2. The predicted octanol–water partition coefficient (Wildman–Crippen LogP) is 5.70. The summed E-state index contributed by atoms with van der Waals surface area (Å²) in [6, 6.07) is 15.8. The Kier molecular flexibility index (Phi) is 6.89. The summed E-state index contributed by atoms with van der Waals surface area (Å²) in [4.78, 5) is 44.1. The van der Waals surface area contributed by atoms with Crippen molar-refractivity contribution in [2.45, 2.75) is 46.3 Å². The highest BCUT2D eigenvalue weighted by molar-refractivity contribution is 5.94. The second-order valence-electron chi connectivity index (χ2n) is 9.64. The summed E-state index contributed by atoms with van der Waals surface area (Å²) >= 11 is 0. The first-order valence-corrected chi connectivity index (χ1v) is 11.8. The lowest BCUT2D eigenvalue weighted by molar-refractivity contribution is -0.141. The van der Waals surface area contributed by atoms with Gasteiger partial charge < -0.3 is 13.9 Å². The van der Waals surface area contributed by atoms with E-state index in [9.17, 15) is 14.4 Å². The number of rotatable bonds is 5. The van der Waals surface area contributed by atoms with E-state index >= 15 is 0 Å². The van der Waals surface area contributed by atoms with Crippen LogP contribution in [0.15, 0.2) is 63.8 Å². The zero-order valence-electron chi connectivity index (χ0n) is 21.6. The Labute approximate surface area is 214 Å². The predicted molar refractivity (Wildman–Crippen MR) is 142 cm³/mol. The Hall–Kier alpha value is -4.40. The fraction of sp³-hybridized carbons (Fsp3) is 0.286. The number of esters is 1. The van der Waals surface area contributed by atoms with Crippen molar-refractivity contribution in [1.82, 2.24) is 4.98 Å². The minimum Gasteiger partial charge on any atom is -0.467 e. The fourth-order valence-electron chi connectivity index (χ4n) is 4.06. The number of carbonyl (C=O) groups is 2. The molecule has 0 bridgehead atoms. The first-order chi connectivity index (χ1) is 17.5. The van der Waals surface area contributed by atoms with E-state index in [1.54, 1.807) is 46.8 Å². The molecule has 1 amide bonds. The number of ether oxygens (including phenoxy) is 2. The lowest BCUT2D eigenvalue weighted by Crippen LogP contribution is -2.37. The summed E-state index contributed by atoms with van der Waals surface area (Å²) in [5.41, 5.74) is 0.501. The molecule has 1 atom stereocenters. The first kappa shape index (κ1) is 25.7. The molecule has 4 rings (SSSR count). The molecule has 37 heavy (non-hydrogen) atoms. The first-order valence-electron chi connectivity index (χ1n) is 11.8. The van der Waals surface area contributed by atoms with Gasteiger partial charge in [-0.2, -0.15) is 4.98 Å². The summed E-state index contributed by atoms with van der Waals surface area (Å²) < 4.78 is 15.9. The number of nitrogens with one attached hydrogen (secondary N) is 1. The third-order valence-corrected chi connectivity index (χ3v) is 5.83. The highest BCUT2D eigenvalue weighted by Gasteiger charge is 2.28. The second-order valence-corrected chi connectivity index (χ2v) is 9.64. The van der Waals surface area contributed by atoms with Crippen LogP contribution in [0.4, 0.5) is 22.2 Å². The van der Waals surface area contributed by atoms with E-state index in [1.807, 2.05) is 42.5 Å². The van der Waals surface area contributed by atoms with E-state index in [0.717, 1.165) is 10.8 Å². The van der Waals surface area contributed by atoms with Crippen LogP contribution in [-0.4, -0.2) is 35.8 Å². The van der Waals surface area contributed by atoms with Crippen LogP contribution in [0.25, 0.3) is 21.7 Å². The van der Waals surface area contributed by atoms with Crippen LogP contribution in [0.3, 0.4) is 0 Å². The van der Waals surface area contributed by atoms with Crippen molar-refractivity contribution < 1.29 is 23.5 Å². The van der Waals surface area contributed by atoms with Gasteiger partial charge in [-0.25, -0.2) is 14.4 Å². The van der Waals surface area contributed by atoms with Crippen molar-refractivity contribution in [2.24, 2.45) is 0 Å². The normalized spacial score (nSPS) is 12.3. The van der Waals surface area contributed by atoms with Crippen LogP contribution in [0.1, 0.15) is 33.3 Å². The molecule has 0 radical (unpaired) electrons. The molecule has 192 valence electrons. The average Bonchev–Trinajstić information content (AvgIpc) is 2.84. The summed E-state index contributed by atoms with van der Waals surface area (Å²) in [6.07, 6.45) is -0.640. The molecule has 0 spiro atoms. The number of nitrogens with zero attached hydrogens (tertiary/aromatic N) is 2. The molecule has 1 heterocycles. The second kappa shape index (κ2) is 9.93. The van der Waals surface area contributed by atoms with Gasteiger partial charge in [-0.05, 0) is 75.2 Å². The molecule has 0 fully saturated rings. The monoisotopic (exact) mass is 503 g/mol. The zero-order valence-corrected chi connectivity index (χ0v) is 21.6. The quantitative estimate of drug-likeness (QED) is 0.346. The maximum Gasteiger partial charge on any atom is 0.412 e. The highest BCUT2D eigenvalue weighted by atomic mass is 16.6. The smallest absolute Gasteiger partial charge is 0.412 e. The van der Waals surface area contributed by atoms with Gasteiger partial charge in [0.1, 0.15) is 11.6 Å². The molecule has 1 aromatic heterocycles. The van der Waals surface area contributed by atoms with Gasteiger partial charge in [0.2, 0.25) is 0 Å². The van der Waals surface area contributed by atoms with Gasteiger partial charge in [-0.15, -0.1) is 0 Å². The minimum atomic E-state index is -0.839. The standard InChI is InChI=1S/C28H29N3O6/c1-16-21(30-27(34)37-28(3,4)5)13-14-22-23(16)25(33)36-26(29-22)31(17(2)24(32)35-6)20-12-11-18-9-7-8-10-19(18)15-20/h7-15,17H,1-6H3,(H,30,34)/t17-/m0/s1. The molecule has 3 aromatic carbocycles. The minimum absolute atomic E-state index is 0.0575. The van der Waals surface area contributed by atoms with Crippen LogP contribution in [-0.2, 0) is 14.3 Å². The zero-order chi connectivity index (χ0) is 26.9. The third kappa shape index (κ3) is 5.40. The maximum absolute atomic E-state index is 13.2. The van der Waals surface area contributed by atoms with Crippen LogP contribution in [0, 0.1) is 6.92 Å². The number of hydrogen-bond donors (Lipinski definition) is 1. The van der Waals surface area contributed by atoms with Gasteiger partial charge >= 0.3 is 23.7 Å². The van der Waals surface area contributed by atoms with E-state index in [-0.39, 0.29) is 11.4 Å². The Bertz CT molecular complexity index is 1550. The molecule has 0 aliphatic carbocycles. The van der Waals surface area contributed by atoms with Gasteiger partial charge in [0.25, 0.3) is 0 Å². The van der Waals surface area contributed by atoms with Crippen molar-refractivity contribution in [3.05, 3.63) is 70.6 Å². The number of aromatic nitrogens is 1. The van der Waals surface area contributed by atoms with E-state index in [0.29, 0.717) is 22.5 Å². The molecule has 1 N–H and O–H groups in total. The molecule has 9 heteroatoms. The molecular formula is C28H29N3O6. The van der Waals surface area contributed by atoms with Crippen LogP contribution in [0.2, 0.25) is 0 Å². The van der Waals surface area contributed by atoms with Crippen LogP contribution >= 0.6 is 0 Å². The molecule has 0 unspecified atom stereocenters. The van der Waals surface area contributed by atoms with Crippen molar-refractivity contribution in [3.63, 3.8) is 0 Å².